The molecule has 0 atom stereocenters. The topological polar surface area (TPSA) is 63.3 Å². The van der Waals surface area contributed by atoms with Gasteiger partial charge in [0.15, 0.2) is 5.78 Å². The van der Waals surface area contributed by atoms with Crippen LogP contribution in [0.5, 0.6) is 5.75 Å². The van der Waals surface area contributed by atoms with Gasteiger partial charge in [-0.25, -0.2) is 0 Å². The van der Waals surface area contributed by atoms with Gasteiger partial charge in [0.05, 0.1) is 9.13 Å². The molecule has 0 aliphatic rings. The zero-order valence-electron chi connectivity index (χ0n) is 8.18. The second-order valence-electron chi connectivity index (χ2n) is 3.03. The Labute approximate surface area is 107 Å². The number of carbonyl (C=O) groups is 1. The van der Waals surface area contributed by atoms with Crippen molar-refractivity contribution in [2.24, 2.45) is 5.73 Å². The first-order valence-electron chi connectivity index (χ1n) is 4.46. The summed E-state index contributed by atoms with van der Waals surface area (Å²) in [4.78, 5) is 11.5. The summed E-state index contributed by atoms with van der Waals surface area (Å²) in [5, 5.41) is 10.2. The van der Waals surface area contributed by atoms with E-state index in [1.54, 1.807) is 6.92 Å². The summed E-state index contributed by atoms with van der Waals surface area (Å²) in [5.74, 6) is -0.150. The zero-order valence-corrected chi connectivity index (χ0v) is 11.1. The predicted octanol–water partition coefficient (Wildman–Crippen LogP) is 2.70. The SMILES string of the molecule is CCC(=O)c1cc(Cl)c(CN)c(I)c1O. The third-order valence-electron chi connectivity index (χ3n) is 2.11. The monoisotopic (exact) mass is 339 g/mol. The van der Waals surface area contributed by atoms with Crippen LogP contribution >= 0.6 is 34.2 Å². The first-order chi connectivity index (χ1) is 7.02. The summed E-state index contributed by atoms with van der Waals surface area (Å²) in [6, 6.07) is 1.48. The highest BCUT2D eigenvalue weighted by atomic mass is 127. The number of nitrogens with two attached hydrogens (primary N) is 1. The van der Waals surface area contributed by atoms with Crippen LogP contribution in [0.15, 0.2) is 6.07 Å². The molecule has 0 aromatic heterocycles. The molecule has 0 bridgehead atoms. The van der Waals surface area contributed by atoms with E-state index in [4.69, 9.17) is 17.3 Å². The fourth-order valence-electron chi connectivity index (χ4n) is 1.24. The van der Waals surface area contributed by atoms with Crippen LogP contribution in [0.2, 0.25) is 5.02 Å². The normalized spacial score (nSPS) is 10.4. The molecular formula is C10H11ClINO2. The molecule has 0 spiro atoms. The number of phenolic OH excluding ortho intramolecular Hbond substituents is 1. The molecule has 0 heterocycles. The highest BCUT2D eigenvalue weighted by Gasteiger charge is 2.17. The van der Waals surface area contributed by atoms with E-state index in [1.807, 2.05) is 22.6 Å². The minimum Gasteiger partial charge on any atom is -0.506 e. The lowest BCUT2D eigenvalue weighted by Crippen LogP contribution is -2.05. The second kappa shape index (κ2) is 5.14. The standard InChI is InChI=1S/C10H11ClINO2/c1-2-8(14)5-3-7(11)6(4-13)9(12)10(5)15/h3,15H,2,4,13H2,1H3. The quantitative estimate of drug-likeness (QED) is 0.657. The Hall–Kier alpha value is -0.330. The number of ketones is 1. The predicted molar refractivity (Wildman–Crippen MR) is 68.3 cm³/mol. The van der Waals surface area contributed by atoms with Crippen molar-refractivity contribution >= 4 is 40.0 Å². The summed E-state index contributed by atoms with van der Waals surface area (Å²) in [5.41, 5.74) is 6.43. The number of halogens is 2. The minimum absolute atomic E-state index is 0.0210. The first-order valence-corrected chi connectivity index (χ1v) is 5.91. The van der Waals surface area contributed by atoms with Gasteiger partial charge in [0, 0.05) is 23.6 Å². The van der Waals surface area contributed by atoms with Crippen molar-refractivity contribution in [2.75, 3.05) is 0 Å². The van der Waals surface area contributed by atoms with Crippen LogP contribution in [0, 0.1) is 3.57 Å². The molecule has 0 saturated carbocycles. The molecule has 0 saturated heterocycles. The Morgan fingerprint density at radius 2 is 2.27 bits per heavy atom. The number of hydrogen-bond donors (Lipinski definition) is 2. The molecule has 3 nitrogen and oxygen atoms in total. The van der Waals surface area contributed by atoms with E-state index in [0.29, 0.717) is 20.6 Å². The van der Waals surface area contributed by atoms with E-state index in [2.05, 4.69) is 0 Å². The molecule has 1 aromatic carbocycles. The molecule has 15 heavy (non-hydrogen) atoms. The zero-order chi connectivity index (χ0) is 11.6. The van der Waals surface area contributed by atoms with Gasteiger partial charge in [-0.1, -0.05) is 18.5 Å². The summed E-state index contributed by atoms with van der Waals surface area (Å²) in [6.07, 6.45) is 0.335. The molecular weight excluding hydrogens is 328 g/mol. The number of benzene rings is 1. The Morgan fingerprint density at radius 1 is 1.67 bits per heavy atom. The van der Waals surface area contributed by atoms with Gasteiger partial charge in [0.2, 0.25) is 0 Å². The maximum absolute atomic E-state index is 11.5. The highest BCUT2D eigenvalue weighted by molar-refractivity contribution is 14.1. The van der Waals surface area contributed by atoms with E-state index in [9.17, 15) is 9.90 Å². The van der Waals surface area contributed by atoms with Gasteiger partial charge in [-0.05, 0) is 28.7 Å². The van der Waals surface area contributed by atoms with Gasteiger partial charge in [-0.2, -0.15) is 0 Å². The van der Waals surface area contributed by atoms with Gasteiger partial charge >= 0.3 is 0 Å². The fourth-order valence-corrected chi connectivity index (χ4v) is 2.48. The third kappa shape index (κ3) is 2.43. The van der Waals surface area contributed by atoms with Crippen molar-refractivity contribution in [1.29, 1.82) is 0 Å². The highest BCUT2D eigenvalue weighted by Crippen LogP contribution is 2.33. The fraction of sp³-hybridized carbons (Fsp3) is 0.300. The van der Waals surface area contributed by atoms with Crippen molar-refractivity contribution in [1.82, 2.24) is 0 Å². The van der Waals surface area contributed by atoms with Crippen LogP contribution in [0.25, 0.3) is 0 Å². The summed E-state index contributed by atoms with van der Waals surface area (Å²) in [7, 11) is 0. The van der Waals surface area contributed by atoms with Crippen molar-refractivity contribution < 1.29 is 9.90 Å². The largest absolute Gasteiger partial charge is 0.506 e. The molecule has 5 heteroatoms. The molecule has 0 aliphatic heterocycles. The minimum atomic E-state index is -0.129. The lowest BCUT2D eigenvalue weighted by Gasteiger charge is -2.10. The van der Waals surface area contributed by atoms with Gasteiger partial charge in [0.1, 0.15) is 5.75 Å². The number of rotatable bonds is 3. The number of hydrogen-bond acceptors (Lipinski definition) is 3. The maximum Gasteiger partial charge on any atom is 0.166 e. The van der Waals surface area contributed by atoms with E-state index in [1.165, 1.54) is 6.07 Å². The summed E-state index contributed by atoms with van der Waals surface area (Å²) >= 11 is 7.90. The smallest absolute Gasteiger partial charge is 0.166 e. The lowest BCUT2D eigenvalue weighted by molar-refractivity contribution is 0.0985. The van der Waals surface area contributed by atoms with Crippen LogP contribution < -0.4 is 5.73 Å². The summed E-state index contributed by atoms with van der Waals surface area (Å²) in [6.45, 7) is 1.98. The van der Waals surface area contributed by atoms with E-state index in [-0.39, 0.29) is 23.6 Å². The van der Waals surface area contributed by atoms with Gasteiger partial charge in [0.25, 0.3) is 0 Å². The van der Waals surface area contributed by atoms with Crippen LogP contribution in [0.4, 0.5) is 0 Å². The molecule has 1 rings (SSSR count). The lowest BCUT2D eigenvalue weighted by atomic mass is 10.0. The molecule has 0 aliphatic carbocycles. The van der Waals surface area contributed by atoms with Crippen LogP contribution in [-0.2, 0) is 6.54 Å². The number of Topliss-reactive ketones (excluding diaryl/α,β-unsaturated/α-hetero) is 1. The van der Waals surface area contributed by atoms with Crippen molar-refractivity contribution in [2.45, 2.75) is 19.9 Å². The molecule has 3 N–H and O–H groups in total. The van der Waals surface area contributed by atoms with Crippen LogP contribution in [-0.4, -0.2) is 10.9 Å². The van der Waals surface area contributed by atoms with Gasteiger partial charge in [-0.15, -0.1) is 0 Å². The first kappa shape index (κ1) is 12.7. The average molecular weight is 340 g/mol. The Morgan fingerprint density at radius 3 is 2.73 bits per heavy atom. The van der Waals surface area contributed by atoms with Gasteiger partial charge in [-0.3, -0.25) is 4.79 Å². The van der Waals surface area contributed by atoms with E-state index >= 15 is 0 Å². The number of carbonyl (C=O) groups excluding carboxylic acids is 1. The van der Waals surface area contributed by atoms with E-state index < -0.39 is 0 Å². The molecule has 1 aromatic rings. The summed E-state index contributed by atoms with van der Waals surface area (Å²) < 4.78 is 0.555. The van der Waals surface area contributed by atoms with Crippen LogP contribution in [0.1, 0.15) is 29.3 Å². The molecule has 0 amide bonds. The Kier molecular flexibility index (Phi) is 4.36. The average Bonchev–Trinajstić information content (AvgIpc) is 2.23. The maximum atomic E-state index is 11.5. The Balaban J connectivity index is 3.40. The van der Waals surface area contributed by atoms with Crippen molar-refractivity contribution in [3.05, 3.63) is 25.8 Å². The van der Waals surface area contributed by atoms with E-state index in [0.717, 1.165) is 0 Å². The number of phenols is 1. The molecule has 0 unspecified atom stereocenters. The van der Waals surface area contributed by atoms with Crippen molar-refractivity contribution in [3.63, 3.8) is 0 Å². The number of aromatic hydroxyl groups is 1. The molecule has 0 radical (unpaired) electrons. The van der Waals surface area contributed by atoms with Crippen molar-refractivity contribution in [3.8, 4) is 5.75 Å². The second-order valence-corrected chi connectivity index (χ2v) is 4.51. The third-order valence-corrected chi connectivity index (χ3v) is 3.61. The van der Waals surface area contributed by atoms with Gasteiger partial charge < -0.3 is 10.8 Å². The van der Waals surface area contributed by atoms with Crippen LogP contribution in [0.3, 0.4) is 0 Å². The Bertz CT molecular complexity index is 407. The molecule has 82 valence electrons. The molecule has 0 fully saturated rings.